The summed E-state index contributed by atoms with van der Waals surface area (Å²) in [6.45, 7) is 4.00. The second-order valence-electron chi connectivity index (χ2n) is 8.92. The molecule has 0 saturated heterocycles. The molecule has 2 aliphatic rings. The summed E-state index contributed by atoms with van der Waals surface area (Å²) in [5.74, 6) is -0.915. The van der Waals surface area contributed by atoms with Crippen molar-refractivity contribution in [2.75, 3.05) is 5.32 Å². The number of aryl methyl sites for hydroxylation is 2. The van der Waals surface area contributed by atoms with Gasteiger partial charge in [-0.2, -0.15) is 10.1 Å². The highest BCUT2D eigenvalue weighted by Crippen LogP contribution is 2.38. The second kappa shape index (κ2) is 10.1. The van der Waals surface area contributed by atoms with E-state index >= 15 is 0 Å². The van der Waals surface area contributed by atoms with E-state index in [1.54, 1.807) is 17.1 Å². The first-order chi connectivity index (χ1) is 17.4. The Labute approximate surface area is 213 Å². The molecule has 2 heterocycles. The number of nitrogens with zero attached hydrogens (tertiary/aromatic N) is 3. The van der Waals surface area contributed by atoms with Crippen LogP contribution in [0.3, 0.4) is 0 Å². The first-order valence-corrected chi connectivity index (χ1v) is 12.6. The zero-order chi connectivity index (χ0) is 25.2. The Balaban J connectivity index is 1.33. The van der Waals surface area contributed by atoms with E-state index in [2.05, 4.69) is 10.3 Å². The van der Waals surface area contributed by atoms with Crippen LogP contribution in [0.2, 0.25) is 0 Å². The molecule has 3 aromatic rings. The van der Waals surface area contributed by atoms with Crippen molar-refractivity contribution in [3.05, 3.63) is 101 Å². The fourth-order valence-corrected chi connectivity index (χ4v) is 5.30. The normalized spacial score (nSPS) is 19.3. The third-order valence-electron chi connectivity index (χ3n) is 6.36. The van der Waals surface area contributed by atoms with Crippen LogP contribution in [0, 0.1) is 19.7 Å². The summed E-state index contributed by atoms with van der Waals surface area (Å²) < 4.78 is 13.6. The van der Waals surface area contributed by atoms with Crippen LogP contribution in [0.1, 0.15) is 41.1 Å². The molecule has 0 saturated carbocycles. The molecule has 0 aromatic heterocycles. The van der Waals surface area contributed by atoms with Crippen LogP contribution < -0.4 is 5.32 Å². The van der Waals surface area contributed by atoms with Crippen molar-refractivity contribution in [3.63, 3.8) is 0 Å². The number of carbonyl (C=O) groups is 2. The van der Waals surface area contributed by atoms with Gasteiger partial charge in [0.15, 0.2) is 5.17 Å². The summed E-state index contributed by atoms with van der Waals surface area (Å²) in [6.07, 6.45) is 0.592. The highest BCUT2D eigenvalue weighted by atomic mass is 32.2. The number of amides is 2. The Morgan fingerprint density at radius 3 is 2.53 bits per heavy atom. The fraction of sp³-hybridized carbons (Fsp3) is 0.214. The van der Waals surface area contributed by atoms with Gasteiger partial charge in [0.1, 0.15) is 11.1 Å². The molecule has 6 nitrogen and oxygen atoms in total. The Hall–Kier alpha value is -3.78. The molecule has 0 radical (unpaired) electrons. The molecule has 0 aliphatic carbocycles. The van der Waals surface area contributed by atoms with Crippen molar-refractivity contribution in [3.8, 4) is 0 Å². The molecule has 8 heteroatoms. The summed E-state index contributed by atoms with van der Waals surface area (Å²) in [7, 11) is 0. The number of benzene rings is 3. The smallest absolute Gasteiger partial charge is 0.262 e. The first kappa shape index (κ1) is 23.9. The predicted octanol–water partition coefficient (Wildman–Crippen LogP) is 5.62. The Kier molecular flexibility index (Phi) is 6.69. The van der Waals surface area contributed by atoms with Crippen molar-refractivity contribution in [2.45, 2.75) is 38.0 Å². The molecular formula is C28H25FN4O2S. The molecule has 0 spiro atoms. The first-order valence-electron chi connectivity index (χ1n) is 11.7. The predicted molar refractivity (Wildman–Crippen MR) is 142 cm³/mol. The average Bonchev–Trinajstić information content (AvgIpc) is 3.46. The van der Waals surface area contributed by atoms with Gasteiger partial charge < -0.3 is 5.32 Å². The van der Waals surface area contributed by atoms with E-state index in [-0.39, 0.29) is 30.1 Å². The lowest BCUT2D eigenvalue weighted by Crippen LogP contribution is -2.25. The van der Waals surface area contributed by atoms with Gasteiger partial charge in [0.25, 0.3) is 5.91 Å². The molecule has 0 fully saturated rings. The molecule has 36 heavy (non-hydrogen) atoms. The highest BCUT2D eigenvalue weighted by Gasteiger charge is 2.39. The van der Waals surface area contributed by atoms with Gasteiger partial charge in [0, 0.05) is 18.5 Å². The van der Waals surface area contributed by atoms with E-state index in [1.807, 2.05) is 62.4 Å². The van der Waals surface area contributed by atoms with Crippen molar-refractivity contribution in [2.24, 2.45) is 10.1 Å². The van der Waals surface area contributed by atoms with E-state index in [0.717, 1.165) is 28.0 Å². The summed E-state index contributed by atoms with van der Waals surface area (Å²) in [5.41, 5.74) is 5.63. The molecule has 1 N–H and O–H groups in total. The number of halogens is 1. The number of hydrogen-bond donors (Lipinski definition) is 1. The van der Waals surface area contributed by atoms with Gasteiger partial charge >= 0.3 is 0 Å². The van der Waals surface area contributed by atoms with Crippen LogP contribution >= 0.6 is 11.8 Å². The minimum Gasteiger partial charge on any atom is -0.326 e. The third kappa shape index (κ3) is 5.09. The van der Waals surface area contributed by atoms with E-state index < -0.39 is 5.25 Å². The molecule has 2 atom stereocenters. The third-order valence-corrected chi connectivity index (χ3v) is 7.50. The fourth-order valence-electron chi connectivity index (χ4n) is 4.24. The largest absolute Gasteiger partial charge is 0.326 e. The molecule has 182 valence electrons. The van der Waals surface area contributed by atoms with E-state index in [4.69, 9.17) is 5.10 Å². The lowest BCUT2D eigenvalue weighted by molar-refractivity contribution is -0.121. The highest BCUT2D eigenvalue weighted by molar-refractivity contribution is 8.15. The summed E-state index contributed by atoms with van der Waals surface area (Å²) in [5, 5.41) is 9.24. The second-order valence-corrected chi connectivity index (χ2v) is 10.1. The molecule has 3 aromatic carbocycles. The van der Waals surface area contributed by atoms with Crippen molar-refractivity contribution < 1.29 is 14.0 Å². The van der Waals surface area contributed by atoms with Gasteiger partial charge in [-0.3, -0.25) is 9.59 Å². The quantitative estimate of drug-likeness (QED) is 0.493. The van der Waals surface area contributed by atoms with Gasteiger partial charge in [-0.25, -0.2) is 9.40 Å². The number of hydrogen-bond acceptors (Lipinski definition) is 5. The summed E-state index contributed by atoms with van der Waals surface area (Å²) in [6, 6.07) is 21.6. The van der Waals surface area contributed by atoms with Crippen LogP contribution in [0.5, 0.6) is 0 Å². The monoisotopic (exact) mass is 500 g/mol. The summed E-state index contributed by atoms with van der Waals surface area (Å²) in [4.78, 5) is 29.7. The minimum absolute atomic E-state index is 0.00767. The van der Waals surface area contributed by atoms with Crippen molar-refractivity contribution in [1.29, 1.82) is 0 Å². The maximum absolute atomic E-state index is 13.6. The van der Waals surface area contributed by atoms with Crippen LogP contribution in [0.15, 0.2) is 82.9 Å². The number of thioether (sulfide) groups is 1. The lowest BCUT2D eigenvalue weighted by Gasteiger charge is -2.23. The van der Waals surface area contributed by atoms with Crippen molar-refractivity contribution >= 4 is 40.1 Å². The zero-order valence-corrected chi connectivity index (χ0v) is 20.8. The lowest BCUT2D eigenvalue weighted by atomic mass is 9.99. The van der Waals surface area contributed by atoms with E-state index in [1.165, 1.54) is 23.9 Å². The number of rotatable bonds is 5. The topological polar surface area (TPSA) is 74.1 Å². The van der Waals surface area contributed by atoms with E-state index in [9.17, 15) is 14.0 Å². The maximum Gasteiger partial charge on any atom is 0.262 e. The number of hydrazone groups is 1. The van der Waals surface area contributed by atoms with Gasteiger partial charge in [-0.1, -0.05) is 60.3 Å². The zero-order valence-electron chi connectivity index (χ0n) is 19.9. The Morgan fingerprint density at radius 1 is 1.06 bits per heavy atom. The van der Waals surface area contributed by atoms with Crippen LogP contribution in [0.25, 0.3) is 0 Å². The van der Waals surface area contributed by atoms with Crippen LogP contribution in [0.4, 0.5) is 10.1 Å². The van der Waals surface area contributed by atoms with Gasteiger partial charge in [-0.15, -0.1) is 0 Å². The minimum atomic E-state index is -0.628. The Morgan fingerprint density at radius 2 is 1.81 bits per heavy atom. The SMILES string of the molecule is Cc1ccc(NC(=O)C[C@@H]2SC(N3N=C(c4ccccc4)C[C@H]3c3ccc(F)cc3)=NC2=O)cc1C. The molecular weight excluding hydrogens is 475 g/mol. The molecule has 2 amide bonds. The van der Waals surface area contributed by atoms with Gasteiger partial charge in [0.05, 0.1) is 11.8 Å². The molecule has 2 aliphatic heterocycles. The number of amidine groups is 1. The summed E-state index contributed by atoms with van der Waals surface area (Å²) >= 11 is 1.24. The van der Waals surface area contributed by atoms with E-state index in [0.29, 0.717) is 17.3 Å². The number of aliphatic imine (C=N–C) groups is 1. The average molecular weight is 501 g/mol. The van der Waals surface area contributed by atoms with Gasteiger partial charge in [0.2, 0.25) is 5.91 Å². The van der Waals surface area contributed by atoms with Gasteiger partial charge in [-0.05, 0) is 60.4 Å². The van der Waals surface area contributed by atoms with Crippen LogP contribution in [-0.4, -0.2) is 33.0 Å². The molecule has 5 rings (SSSR count). The standard InChI is InChI=1S/C28H25FN4O2S/c1-17-8-13-22(14-18(17)2)30-26(34)16-25-27(35)31-28(36-25)33-24(20-9-11-21(29)12-10-20)15-23(32-33)19-6-4-3-5-7-19/h3-14,24-25H,15-16H2,1-2H3,(H,30,34)/t24-,25-/m0/s1. The van der Waals surface area contributed by atoms with Crippen molar-refractivity contribution in [1.82, 2.24) is 5.01 Å². The Bertz CT molecular complexity index is 1370. The number of carbonyl (C=O) groups excluding carboxylic acids is 2. The molecule has 0 bridgehead atoms. The number of nitrogens with one attached hydrogen (secondary N) is 1. The number of anilines is 1. The molecule has 0 unspecified atom stereocenters. The maximum atomic E-state index is 13.6. The van der Waals surface area contributed by atoms with Crippen LogP contribution in [-0.2, 0) is 9.59 Å².